The van der Waals surface area contributed by atoms with Crippen molar-refractivity contribution in [1.82, 2.24) is 14.8 Å². The number of rotatable bonds is 5. The summed E-state index contributed by atoms with van der Waals surface area (Å²) in [4.78, 5) is 4.17. The van der Waals surface area contributed by atoms with E-state index in [9.17, 15) is 0 Å². The minimum atomic E-state index is 0.253. The lowest BCUT2D eigenvalue weighted by Crippen LogP contribution is -2.18. The fourth-order valence-electron chi connectivity index (χ4n) is 1.52. The van der Waals surface area contributed by atoms with Gasteiger partial charge in [-0.05, 0) is 24.8 Å². The van der Waals surface area contributed by atoms with Crippen molar-refractivity contribution in [3.05, 3.63) is 5.82 Å². The van der Waals surface area contributed by atoms with Crippen molar-refractivity contribution in [1.29, 1.82) is 0 Å². The number of nitrogens with two attached hydrogens (primary N) is 2. The lowest BCUT2D eigenvalue weighted by molar-refractivity contribution is 0.311. The lowest BCUT2D eigenvalue weighted by Gasteiger charge is -2.22. The van der Waals surface area contributed by atoms with Gasteiger partial charge in [-0.25, -0.2) is 4.68 Å². The highest BCUT2D eigenvalue weighted by atomic mass is 15.4. The number of hydrogen-bond donors (Lipinski definition) is 2. The van der Waals surface area contributed by atoms with Gasteiger partial charge in [-0.3, -0.25) is 0 Å². The Morgan fingerprint density at radius 2 is 2.00 bits per heavy atom. The zero-order chi connectivity index (χ0) is 11.5. The summed E-state index contributed by atoms with van der Waals surface area (Å²) in [6, 6.07) is 0. The largest absolute Gasteiger partial charge is 0.368 e. The zero-order valence-electron chi connectivity index (χ0n) is 9.82. The van der Waals surface area contributed by atoms with Crippen LogP contribution in [0.3, 0.4) is 0 Å². The smallest absolute Gasteiger partial charge is 0.218 e. The van der Waals surface area contributed by atoms with Gasteiger partial charge < -0.3 is 11.5 Å². The summed E-state index contributed by atoms with van der Waals surface area (Å²) >= 11 is 0. The monoisotopic (exact) mass is 211 g/mol. The van der Waals surface area contributed by atoms with E-state index in [1.165, 1.54) is 0 Å². The van der Waals surface area contributed by atoms with Gasteiger partial charge in [0.25, 0.3) is 0 Å². The summed E-state index contributed by atoms with van der Waals surface area (Å²) in [5.41, 5.74) is 11.4. The van der Waals surface area contributed by atoms with Crippen LogP contribution in [0.4, 0.5) is 5.95 Å². The molecular weight excluding hydrogens is 190 g/mol. The maximum atomic E-state index is 5.61. The minimum Gasteiger partial charge on any atom is -0.368 e. The molecular formula is C10H21N5. The first-order chi connectivity index (χ1) is 6.94. The van der Waals surface area contributed by atoms with Crippen LogP contribution in [0.15, 0.2) is 0 Å². The summed E-state index contributed by atoms with van der Waals surface area (Å²) in [7, 11) is 1.80. The Kier molecular flexibility index (Phi) is 3.68. The fraction of sp³-hybridized carbons (Fsp3) is 0.800. The Balaban J connectivity index is 2.49. The molecule has 0 aliphatic rings. The molecule has 1 aromatic rings. The third kappa shape index (κ3) is 3.51. The number of nitrogen functional groups attached to an aromatic ring is 1. The Morgan fingerprint density at radius 1 is 1.33 bits per heavy atom. The van der Waals surface area contributed by atoms with Gasteiger partial charge in [0.2, 0.25) is 5.95 Å². The van der Waals surface area contributed by atoms with Crippen LogP contribution >= 0.6 is 0 Å². The Hall–Kier alpha value is -1.10. The van der Waals surface area contributed by atoms with Crippen LogP contribution in [0.1, 0.15) is 32.5 Å². The molecule has 0 unspecified atom stereocenters. The second kappa shape index (κ2) is 4.61. The summed E-state index contributed by atoms with van der Waals surface area (Å²) in [5, 5.41) is 4.22. The van der Waals surface area contributed by atoms with Crippen LogP contribution in [0.5, 0.6) is 0 Å². The van der Waals surface area contributed by atoms with Gasteiger partial charge in [0.15, 0.2) is 5.82 Å². The average molecular weight is 211 g/mol. The van der Waals surface area contributed by atoms with Gasteiger partial charge in [-0.1, -0.05) is 13.8 Å². The first-order valence-electron chi connectivity index (χ1n) is 5.30. The molecule has 0 aliphatic heterocycles. The van der Waals surface area contributed by atoms with Gasteiger partial charge in [0.1, 0.15) is 0 Å². The van der Waals surface area contributed by atoms with E-state index >= 15 is 0 Å². The first-order valence-corrected chi connectivity index (χ1v) is 5.30. The molecule has 0 saturated heterocycles. The van der Waals surface area contributed by atoms with Crippen molar-refractivity contribution in [2.24, 2.45) is 18.2 Å². The molecule has 0 radical (unpaired) electrons. The summed E-state index contributed by atoms with van der Waals surface area (Å²) < 4.78 is 1.60. The molecule has 5 nitrogen and oxygen atoms in total. The highest BCUT2D eigenvalue weighted by Gasteiger charge is 2.17. The molecule has 1 aromatic heterocycles. The Bertz CT molecular complexity index is 296. The predicted octanol–water partition coefficient (Wildman–Crippen LogP) is 0.705. The molecule has 0 aromatic carbocycles. The lowest BCUT2D eigenvalue weighted by atomic mass is 9.84. The van der Waals surface area contributed by atoms with Crippen molar-refractivity contribution >= 4 is 5.95 Å². The number of hydrogen-bond acceptors (Lipinski definition) is 4. The van der Waals surface area contributed by atoms with Crippen molar-refractivity contribution < 1.29 is 0 Å². The number of aryl methyl sites for hydroxylation is 2. The van der Waals surface area contributed by atoms with Gasteiger partial charge in [-0.15, -0.1) is 0 Å². The zero-order valence-corrected chi connectivity index (χ0v) is 9.82. The summed E-state index contributed by atoms with van der Waals surface area (Å²) in [5.74, 6) is 1.29. The first kappa shape index (κ1) is 12.0. The molecule has 0 amide bonds. The maximum absolute atomic E-state index is 5.61. The minimum absolute atomic E-state index is 0.253. The predicted molar refractivity (Wildman–Crippen MR) is 61.2 cm³/mol. The summed E-state index contributed by atoms with van der Waals surface area (Å²) in [6.07, 6.45) is 2.92. The Morgan fingerprint density at radius 3 is 2.47 bits per heavy atom. The molecule has 15 heavy (non-hydrogen) atoms. The van der Waals surface area contributed by atoms with Crippen molar-refractivity contribution in [2.45, 2.75) is 33.1 Å². The van der Waals surface area contributed by atoms with Crippen molar-refractivity contribution in [3.63, 3.8) is 0 Å². The molecule has 0 fully saturated rings. The van der Waals surface area contributed by atoms with Gasteiger partial charge in [0, 0.05) is 13.5 Å². The molecule has 0 atom stereocenters. The molecule has 0 saturated carbocycles. The molecule has 1 heterocycles. The molecule has 86 valence electrons. The number of anilines is 1. The van der Waals surface area contributed by atoms with E-state index in [1.807, 2.05) is 0 Å². The fourth-order valence-corrected chi connectivity index (χ4v) is 1.52. The van der Waals surface area contributed by atoms with Crippen molar-refractivity contribution in [2.75, 3.05) is 12.3 Å². The van der Waals surface area contributed by atoms with Crippen LogP contribution in [0, 0.1) is 5.41 Å². The van der Waals surface area contributed by atoms with E-state index in [0.717, 1.165) is 31.6 Å². The number of nitrogens with zero attached hydrogens (tertiary/aromatic N) is 3. The normalized spacial score (nSPS) is 12.0. The van der Waals surface area contributed by atoms with E-state index in [4.69, 9.17) is 11.5 Å². The van der Waals surface area contributed by atoms with Crippen LogP contribution < -0.4 is 11.5 Å². The second-order valence-corrected chi connectivity index (χ2v) is 4.71. The second-order valence-electron chi connectivity index (χ2n) is 4.71. The van der Waals surface area contributed by atoms with E-state index < -0.39 is 0 Å². The highest BCUT2D eigenvalue weighted by molar-refractivity contribution is 5.15. The summed E-state index contributed by atoms with van der Waals surface area (Å²) in [6.45, 7) is 5.16. The Labute approximate surface area is 90.9 Å². The van der Waals surface area contributed by atoms with Gasteiger partial charge in [0.05, 0.1) is 0 Å². The molecule has 0 spiro atoms. The third-order valence-electron chi connectivity index (χ3n) is 2.69. The molecule has 0 bridgehead atoms. The van der Waals surface area contributed by atoms with E-state index in [0.29, 0.717) is 5.95 Å². The SMILES string of the molecule is Cn1nc(CCC(C)(C)CCN)nc1N. The molecule has 4 N–H and O–H groups in total. The van der Waals surface area contributed by atoms with E-state index in [-0.39, 0.29) is 5.41 Å². The van der Waals surface area contributed by atoms with Gasteiger partial charge in [-0.2, -0.15) is 10.1 Å². The topological polar surface area (TPSA) is 82.8 Å². The maximum Gasteiger partial charge on any atom is 0.218 e. The quantitative estimate of drug-likeness (QED) is 0.751. The van der Waals surface area contributed by atoms with Crippen LogP contribution in [-0.2, 0) is 13.5 Å². The van der Waals surface area contributed by atoms with Crippen LogP contribution in [0.25, 0.3) is 0 Å². The molecule has 5 heteroatoms. The van der Waals surface area contributed by atoms with E-state index in [1.54, 1.807) is 11.7 Å². The standard InChI is InChI=1S/C10H21N5/c1-10(2,6-7-11)5-4-8-13-9(12)15(3)14-8/h4-7,11H2,1-3H3,(H2,12,13,14). The van der Waals surface area contributed by atoms with Crippen LogP contribution in [-0.4, -0.2) is 21.3 Å². The van der Waals surface area contributed by atoms with Gasteiger partial charge >= 0.3 is 0 Å². The average Bonchev–Trinajstić information content (AvgIpc) is 2.44. The number of aromatic nitrogens is 3. The van der Waals surface area contributed by atoms with E-state index in [2.05, 4.69) is 23.9 Å². The van der Waals surface area contributed by atoms with Crippen LogP contribution in [0.2, 0.25) is 0 Å². The van der Waals surface area contributed by atoms with Crippen molar-refractivity contribution in [3.8, 4) is 0 Å². The third-order valence-corrected chi connectivity index (χ3v) is 2.69. The highest BCUT2D eigenvalue weighted by Crippen LogP contribution is 2.25. The molecule has 0 aliphatic carbocycles. The molecule has 1 rings (SSSR count).